The van der Waals surface area contributed by atoms with Crippen LogP contribution in [0.2, 0.25) is 0 Å². The first-order valence-electron chi connectivity index (χ1n) is 8.39. The van der Waals surface area contributed by atoms with E-state index in [1.807, 2.05) is 6.92 Å². The molecule has 0 bridgehead atoms. The molecule has 0 fully saturated rings. The summed E-state index contributed by atoms with van der Waals surface area (Å²) in [6.07, 6.45) is 1.60. The summed E-state index contributed by atoms with van der Waals surface area (Å²) < 4.78 is 28.2. The van der Waals surface area contributed by atoms with Gasteiger partial charge in [0.25, 0.3) is 0 Å². The lowest BCUT2D eigenvalue weighted by molar-refractivity contribution is -0.117. The third-order valence-electron chi connectivity index (χ3n) is 4.57. The molecule has 2 nitrogen and oxygen atoms in total. The lowest BCUT2D eigenvalue weighted by atomic mass is 9.90. The number of hydrogen-bond donors (Lipinski definition) is 1. The number of aryl methyl sites for hydroxylation is 1. The van der Waals surface area contributed by atoms with E-state index in [0.717, 1.165) is 5.56 Å². The summed E-state index contributed by atoms with van der Waals surface area (Å²) in [5.41, 5.74) is 4.36. The lowest BCUT2D eigenvalue weighted by Crippen LogP contribution is -2.24. The highest BCUT2D eigenvalue weighted by molar-refractivity contribution is 6.01. The van der Waals surface area contributed by atoms with Crippen molar-refractivity contribution in [3.63, 3.8) is 0 Å². The summed E-state index contributed by atoms with van der Waals surface area (Å²) in [6, 6.07) is 7.65. The van der Waals surface area contributed by atoms with Gasteiger partial charge in [-0.15, -0.1) is 6.58 Å². The van der Waals surface area contributed by atoms with Crippen LogP contribution in [0.3, 0.4) is 0 Å². The Hall–Kier alpha value is -2.75. The van der Waals surface area contributed by atoms with Gasteiger partial charge in [0.05, 0.1) is 0 Å². The van der Waals surface area contributed by atoms with E-state index in [-0.39, 0.29) is 11.7 Å². The molecule has 2 rings (SSSR count). The highest BCUT2D eigenvalue weighted by atomic mass is 19.1. The van der Waals surface area contributed by atoms with Gasteiger partial charge in [0.15, 0.2) is 0 Å². The molecule has 0 unspecified atom stereocenters. The Morgan fingerprint density at radius 1 is 1.15 bits per heavy atom. The summed E-state index contributed by atoms with van der Waals surface area (Å²) in [7, 11) is 0. The molecule has 0 spiro atoms. The van der Waals surface area contributed by atoms with Crippen LogP contribution in [0.4, 0.5) is 8.78 Å². The van der Waals surface area contributed by atoms with Crippen LogP contribution in [-0.2, 0) is 4.79 Å². The zero-order chi connectivity index (χ0) is 19.4. The van der Waals surface area contributed by atoms with Gasteiger partial charge < -0.3 is 5.32 Å². The first kappa shape index (κ1) is 19.6. The molecule has 136 valence electrons. The van der Waals surface area contributed by atoms with Crippen LogP contribution in [0.5, 0.6) is 0 Å². The predicted octanol–water partition coefficient (Wildman–Crippen LogP) is 5.34. The molecule has 1 N–H and O–H groups in total. The molecule has 0 aliphatic rings. The molecule has 0 radical (unpaired) electrons. The van der Waals surface area contributed by atoms with Crippen molar-refractivity contribution >= 4 is 11.5 Å². The molecule has 0 heterocycles. The van der Waals surface area contributed by atoms with E-state index in [4.69, 9.17) is 0 Å². The van der Waals surface area contributed by atoms with E-state index >= 15 is 0 Å². The average Bonchev–Trinajstić information content (AvgIpc) is 2.62. The molecule has 0 saturated carbocycles. The second-order valence-corrected chi connectivity index (χ2v) is 6.34. The van der Waals surface area contributed by atoms with Gasteiger partial charge in [-0.3, -0.25) is 4.79 Å². The second kappa shape index (κ2) is 8.09. The van der Waals surface area contributed by atoms with Gasteiger partial charge in [0.1, 0.15) is 11.6 Å². The number of nitrogens with one attached hydrogen (secondary N) is 1. The zero-order valence-corrected chi connectivity index (χ0v) is 15.5. The quantitative estimate of drug-likeness (QED) is 0.569. The number of rotatable bonds is 5. The van der Waals surface area contributed by atoms with Gasteiger partial charge in [0, 0.05) is 12.1 Å². The number of allylic oxidation sites excluding steroid dienone is 1. The molecule has 1 amide bonds. The van der Waals surface area contributed by atoms with Crippen molar-refractivity contribution in [1.29, 1.82) is 0 Å². The molecule has 4 heteroatoms. The van der Waals surface area contributed by atoms with Crippen molar-refractivity contribution < 1.29 is 13.6 Å². The van der Waals surface area contributed by atoms with Crippen LogP contribution in [0.1, 0.15) is 30.5 Å². The van der Waals surface area contributed by atoms with Crippen LogP contribution < -0.4 is 5.32 Å². The average molecular weight is 355 g/mol. The van der Waals surface area contributed by atoms with Gasteiger partial charge in [-0.25, -0.2) is 8.78 Å². The summed E-state index contributed by atoms with van der Waals surface area (Å²) in [5, 5.41) is 2.72. The van der Waals surface area contributed by atoms with E-state index in [1.165, 1.54) is 18.2 Å². The number of carbonyl (C=O) groups excluding carboxylic acids is 1. The number of benzene rings is 2. The van der Waals surface area contributed by atoms with Gasteiger partial charge in [-0.2, -0.15) is 0 Å². The largest absolute Gasteiger partial charge is 0.349 e. The van der Waals surface area contributed by atoms with E-state index in [1.54, 1.807) is 39.0 Å². The lowest BCUT2D eigenvalue weighted by Gasteiger charge is -2.15. The molecule has 0 aliphatic carbocycles. The SMILES string of the molecule is C=CCNC(=O)/C(C)=C(\C)c1cc(F)cc(-c2ccc(C)c(F)c2)c1C. The van der Waals surface area contributed by atoms with Crippen LogP contribution in [0.25, 0.3) is 16.7 Å². The Kier molecular flexibility index (Phi) is 6.09. The molecule has 0 saturated heterocycles. The van der Waals surface area contributed by atoms with Crippen LogP contribution in [0, 0.1) is 25.5 Å². The first-order valence-corrected chi connectivity index (χ1v) is 8.39. The molecular weight excluding hydrogens is 332 g/mol. The standard InChI is InChI=1S/C22H23F2NO/c1-6-9-25-22(26)15(4)14(3)19-11-18(23)12-20(16(19)5)17-8-7-13(2)21(24)10-17/h6-8,10-12H,1,9H2,2-5H3,(H,25,26)/b15-14+. The minimum absolute atomic E-state index is 0.228. The van der Waals surface area contributed by atoms with Gasteiger partial charge in [0.2, 0.25) is 5.91 Å². The van der Waals surface area contributed by atoms with Crippen molar-refractivity contribution in [3.05, 3.63) is 76.9 Å². The number of amides is 1. The Morgan fingerprint density at radius 3 is 2.46 bits per heavy atom. The Bertz CT molecular complexity index is 897. The van der Waals surface area contributed by atoms with Crippen molar-refractivity contribution in [3.8, 4) is 11.1 Å². The second-order valence-electron chi connectivity index (χ2n) is 6.34. The minimum atomic E-state index is -0.430. The Balaban J connectivity index is 2.57. The molecule has 0 aromatic heterocycles. The van der Waals surface area contributed by atoms with Crippen molar-refractivity contribution in [2.45, 2.75) is 27.7 Å². The summed E-state index contributed by atoms with van der Waals surface area (Å²) in [6.45, 7) is 10.9. The van der Waals surface area contributed by atoms with Crippen molar-refractivity contribution in [2.24, 2.45) is 0 Å². The van der Waals surface area contributed by atoms with E-state index < -0.39 is 5.82 Å². The highest BCUT2D eigenvalue weighted by Crippen LogP contribution is 2.32. The number of carbonyl (C=O) groups is 1. The third-order valence-corrected chi connectivity index (χ3v) is 4.57. The van der Waals surface area contributed by atoms with Gasteiger partial charge in [-0.05, 0) is 79.3 Å². The predicted molar refractivity (Wildman–Crippen MR) is 103 cm³/mol. The first-order chi connectivity index (χ1) is 12.3. The van der Waals surface area contributed by atoms with Gasteiger partial charge in [-0.1, -0.05) is 18.2 Å². The number of halogens is 2. The summed E-state index contributed by atoms with van der Waals surface area (Å²) in [4.78, 5) is 12.2. The maximum absolute atomic E-state index is 14.3. The summed E-state index contributed by atoms with van der Waals surface area (Å²) in [5.74, 6) is -0.991. The fraction of sp³-hybridized carbons (Fsp3) is 0.227. The topological polar surface area (TPSA) is 29.1 Å². The monoisotopic (exact) mass is 355 g/mol. The van der Waals surface area contributed by atoms with Crippen LogP contribution >= 0.6 is 0 Å². The maximum atomic E-state index is 14.3. The smallest absolute Gasteiger partial charge is 0.247 e. The number of hydrogen-bond acceptors (Lipinski definition) is 1. The van der Waals surface area contributed by atoms with Crippen molar-refractivity contribution in [2.75, 3.05) is 6.54 Å². The maximum Gasteiger partial charge on any atom is 0.247 e. The van der Waals surface area contributed by atoms with E-state index in [9.17, 15) is 13.6 Å². The summed E-state index contributed by atoms with van der Waals surface area (Å²) >= 11 is 0. The normalized spacial score (nSPS) is 11.8. The van der Waals surface area contributed by atoms with Crippen molar-refractivity contribution in [1.82, 2.24) is 5.32 Å². The van der Waals surface area contributed by atoms with E-state index in [2.05, 4.69) is 11.9 Å². The molecule has 0 atom stereocenters. The highest BCUT2D eigenvalue weighted by Gasteiger charge is 2.15. The fourth-order valence-electron chi connectivity index (χ4n) is 2.80. The molecule has 2 aromatic rings. The Labute approximate surface area is 153 Å². The zero-order valence-electron chi connectivity index (χ0n) is 15.5. The van der Waals surface area contributed by atoms with Crippen LogP contribution in [-0.4, -0.2) is 12.5 Å². The third kappa shape index (κ3) is 4.07. The van der Waals surface area contributed by atoms with Crippen LogP contribution in [0.15, 0.2) is 48.6 Å². The molecule has 0 aliphatic heterocycles. The molecule has 26 heavy (non-hydrogen) atoms. The van der Waals surface area contributed by atoms with Gasteiger partial charge >= 0.3 is 0 Å². The Morgan fingerprint density at radius 2 is 1.85 bits per heavy atom. The van der Waals surface area contributed by atoms with E-state index in [0.29, 0.717) is 39.9 Å². The molecule has 2 aromatic carbocycles. The minimum Gasteiger partial charge on any atom is -0.349 e. The fourth-order valence-corrected chi connectivity index (χ4v) is 2.80. The molecular formula is C22H23F2NO.